The molecule has 0 bridgehead atoms. The molecule has 0 aliphatic heterocycles. The second-order valence-electron chi connectivity index (χ2n) is 10.2. The van der Waals surface area contributed by atoms with Crippen LogP contribution in [0, 0.1) is 16.0 Å². The average molecular weight is 693 g/mol. The number of carbonyl (C=O) groups is 2. The van der Waals surface area contributed by atoms with Crippen LogP contribution in [0.15, 0.2) is 72.8 Å². The lowest BCUT2D eigenvalue weighted by atomic mass is 10.1. The molecule has 0 saturated heterocycles. The van der Waals surface area contributed by atoms with Crippen LogP contribution in [0.2, 0.25) is 5.02 Å². The molecular formula is C37H57ClN2O8. The van der Waals surface area contributed by atoms with E-state index < -0.39 is 17.1 Å². The van der Waals surface area contributed by atoms with Crippen molar-refractivity contribution in [2.45, 2.75) is 105 Å². The van der Waals surface area contributed by atoms with Gasteiger partial charge in [-0.1, -0.05) is 113 Å². The molecule has 2 aromatic rings. The molecule has 1 aliphatic carbocycles. The average Bonchev–Trinajstić information content (AvgIpc) is 3.63. The third kappa shape index (κ3) is 26.2. The van der Waals surface area contributed by atoms with E-state index in [1.165, 1.54) is 51.9 Å². The number of amides is 1. The number of aliphatic hydroxyl groups is 1. The number of allylic oxidation sites excluding steroid dienone is 3. The van der Waals surface area contributed by atoms with Crippen LogP contribution in [-0.2, 0) is 32.4 Å². The van der Waals surface area contributed by atoms with Gasteiger partial charge in [-0.15, -0.1) is 10.1 Å². The number of unbranched alkanes of at least 4 members (excludes halogenated alkanes) is 2. The minimum Gasteiger partial charge on any atom is -0.493 e. The van der Waals surface area contributed by atoms with Crippen molar-refractivity contribution in [3.8, 4) is 5.75 Å². The fourth-order valence-corrected chi connectivity index (χ4v) is 4.22. The van der Waals surface area contributed by atoms with Crippen molar-refractivity contribution in [2.24, 2.45) is 5.92 Å². The molecule has 1 atom stereocenters. The summed E-state index contributed by atoms with van der Waals surface area (Å²) in [7, 11) is 1.00. The second-order valence-corrected chi connectivity index (χ2v) is 10.6. The number of ether oxygens (including phenoxy) is 2. The summed E-state index contributed by atoms with van der Waals surface area (Å²) < 4.78 is 10.6. The van der Waals surface area contributed by atoms with Crippen molar-refractivity contribution in [3.63, 3.8) is 0 Å². The first-order valence-electron chi connectivity index (χ1n) is 16.6. The summed E-state index contributed by atoms with van der Waals surface area (Å²) in [6.45, 7) is 10.4. The van der Waals surface area contributed by atoms with Gasteiger partial charge in [0.2, 0.25) is 6.41 Å². The Bertz CT molecular complexity index is 1140. The van der Waals surface area contributed by atoms with Gasteiger partial charge in [0.1, 0.15) is 25.0 Å². The van der Waals surface area contributed by atoms with E-state index in [4.69, 9.17) is 26.2 Å². The smallest absolute Gasteiger partial charge is 0.328 e. The first-order valence-corrected chi connectivity index (χ1v) is 17.0. The first-order chi connectivity index (χ1) is 23.3. The first kappa shape index (κ1) is 46.2. The predicted molar refractivity (Wildman–Crippen MR) is 193 cm³/mol. The van der Waals surface area contributed by atoms with Crippen LogP contribution < -0.4 is 10.1 Å². The van der Waals surface area contributed by atoms with Crippen LogP contribution in [0.4, 0.5) is 0 Å². The maximum absolute atomic E-state index is 11.4. The molecule has 1 fully saturated rings. The van der Waals surface area contributed by atoms with Crippen LogP contribution in [0.1, 0.15) is 97.1 Å². The van der Waals surface area contributed by atoms with E-state index in [0.717, 1.165) is 42.4 Å². The van der Waals surface area contributed by atoms with Gasteiger partial charge in [0.05, 0.1) is 6.61 Å². The van der Waals surface area contributed by atoms with Gasteiger partial charge in [0.15, 0.2) is 0 Å². The van der Waals surface area contributed by atoms with Gasteiger partial charge >= 0.3 is 5.97 Å². The molecule has 48 heavy (non-hydrogen) atoms. The van der Waals surface area contributed by atoms with Crippen molar-refractivity contribution >= 4 is 24.0 Å². The highest BCUT2D eigenvalue weighted by Gasteiger charge is 2.13. The van der Waals surface area contributed by atoms with E-state index in [0.29, 0.717) is 12.0 Å². The minimum atomic E-state index is -0.864. The quantitative estimate of drug-likeness (QED) is 0.0445. The van der Waals surface area contributed by atoms with E-state index in [-0.39, 0.29) is 13.2 Å². The van der Waals surface area contributed by atoms with Crippen molar-refractivity contribution < 1.29 is 34.1 Å². The van der Waals surface area contributed by atoms with Crippen LogP contribution in [0.5, 0.6) is 5.75 Å². The second kappa shape index (κ2) is 33.0. The number of carbonyl (C=O) groups excluding carboxylic acids is 2. The Morgan fingerprint density at radius 2 is 1.69 bits per heavy atom. The Morgan fingerprint density at radius 1 is 1.06 bits per heavy atom. The standard InChI is InChI=1S/C15H19ClO.C12H14N2O6.C7H14.C2H6.CH4O/c16-14-9-5-10-15(12-14)17-11-4-3-8-13-6-1-2-7-13;1-9(13-8-15)12(16)19-6-10-2-4-11(5-3-10)7-20-14(17)18;1-3-5-7-6-4-2;2*1-2/h3,5,8-10,12-13H,1-2,4,6-7,11H2;2-5,8-9H,6-7H2,1H3,(H,13,15);3,5H,4,6-7H2,1-2H3;1-2H3;2H,1H3/b8-3+;;5-3-;;. The van der Waals surface area contributed by atoms with E-state index in [9.17, 15) is 19.7 Å². The molecule has 3 rings (SSSR count). The molecule has 1 amide bonds. The molecule has 1 saturated carbocycles. The van der Waals surface area contributed by atoms with Gasteiger partial charge in [-0.2, -0.15) is 0 Å². The molecule has 10 nitrogen and oxygen atoms in total. The molecule has 0 heterocycles. The Morgan fingerprint density at radius 3 is 2.23 bits per heavy atom. The Hall–Kier alpha value is -3.89. The summed E-state index contributed by atoms with van der Waals surface area (Å²) >= 11 is 5.88. The normalized spacial score (nSPS) is 12.4. The van der Waals surface area contributed by atoms with Crippen LogP contribution in [0.3, 0.4) is 0 Å². The van der Waals surface area contributed by atoms with Crippen molar-refractivity contribution in [1.82, 2.24) is 5.32 Å². The number of halogens is 1. The van der Waals surface area contributed by atoms with Crippen LogP contribution in [-0.4, -0.2) is 42.3 Å². The number of hydrogen-bond donors (Lipinski definition) is 2. The number of rotatable bonds is 16. The topological polar surface area (TPSA) is 137 Å². The maximum Gasteiger partial charge on any atom is 0.328 e. The number of esters is 1. The SMILES string of the molecule is C/C=C\CCCC.CC.CC(NC=O)C(=O)OCc1ccc(CO[N+](=O)[O-])cc1.CO.Clc1cccc(OCC/C=C/C2CCCC2)c1. The minimum absolute atomic E-state index is 0.0556. The van der Waals surface area contributed by atoms with Crippen molar-refractivity contribution in [3.05, 3.63) is 99.1 Å². The van der Waals surface area contributed by atoms with E-state index >= 15 is 0 Å². The van der Waals surface area contributed by atoms with Crippen molar-refractivity contribution in [1.29, 1.82) is 0 Å². The molecule has 0 radical (unpaired) electrons. The van der Waals surface area contributed by atoms with E-state index in [2.05, 4.69) is 48.3 Å². The Kier molecular flexibility index (Phi) is 31.8. The van der Waals surface area contributed by atoms with Crippen LogP contribution in [0.25, 0.3) is 0 Å². The lowest BCUT2D eigenvalue weighted by Gasteiger charge is -2.10. The van der Waals surface area contributed by atoms with Gasteiger partial charge in [-0.25, -0.2) is 4.79 Å². The fraction of sp³-hybridized carbons (Fsp3) is 0.514. The van der Waals surface area contributed by atoms with Gasteiger partial charge in [-0.3, -0.25) is 4.79 Å². The molecular weight excluding hydrogens is 636 g/mol. The number of aliphatic hydroxyl groups excluding tert-OH is 1. The predicted octanol–water partition coefficient (Wildman–Crippen LogP) is 8.82. The molecule has 1 aliphatic rings. The summed E-state index contributed by atoms with van der Waals surface area (Å²) in [4.78, 5) is 35.8. The Balaban J connectivity index is 0. The highest BCUT2D eigenvalue weighted by Crippen LogP contribution is 2.25. The highest BCUT2D eigenvalue weighted by atomic mass is 35.5. The largest absolute Gasteiger partial charge is 0.493 e. The third-order valence-electron chi connectivity index (χ3n) is 6.53. The monoisotopic (exact) mass is 692 g/mol. The number of nitrogens with one attached hydrogen (secondary N) is 1. The molecule has 2 aromatic carbocycles. The summed E-state index contributed by atoms with van der Waals surface area (Å²) in [6.07, 6.45) is 19.8. The van der Waals surface area contributed by atoms with Crippen molar-refractivity contribution in [2.75, 3.05) is 13.7 Å². The molecule has 11 heteroatoms. The van der Waals surface area contributed by atoms with Gasteiger partial charge in [-0.05, 0) is 74.8 Å². The lowest BCUT2D eigenvalue weighted by molar-refractivity contribution is -0.763. The zero-order valence-electron chi connectivity index (χ0n) is 29.6. The molecule has 2 N–H and O–H groups in total. The lowest BCUT2D eigenvalue weighted by Crippen LogP contribution is -2.34. The molecule has 270 valence electrons. The summed E-state index contributed by atoms with van der Waals surface area (Å²) in [5, 5.41) is 19.2. The summed E-state index contributed by atoms with van der Waals surface area (Å²) in [5.41, 5.74) is 1.36. The highest BCUT2D eigenvalue weighted by molar-refractivity contribution is 6.30. The Labute approximate surface area is 292 Å². The van der Waals surface area contributed by atoms with Gasteiger partial charge in [0, 0.05) is 12.1 Å². The number of benzene rings is 2. The summed E-state index contributed by atoms with van der Waals surface area (Å²) in [6, 6.07) is 13.5. The maximum atomic E-state index is 11.4. The molecule has 1 unspecified atom stereocenters. The van der Waals surface area contributed by atoms with Crippen LogP contribution >= 0.6 is 11.6 Å². The summed E-state index contributed by atoms with van der Waals surface area (Å²) in [5.74, 6) is 1.13. The zero-order chi connectivity index (χ0) is 36.4. The zero-order valence-corrected chi connectivity index (χ0v) is 30.3. The fourth-order valence-electron chi connectivity index (χ4n) is 4.04. The van der Waals surface area contributed by atoms with E-state index in [1.54, 1.807) is 24.3 Å². The van der Waals surface area contributed by atoms with Gasteiger partial charge < -0.3 is 24.7 Å². The van der Waals surface area contributed by atoms with Gasteiger partial charge in [0.25, 0.3) is 5.09 Å². The number of nitrogens with zero attached hydrogens (tertiary/aromatic N) is 1. The molecule has 0 aromatic heterocycles. The molecule has 0 spiro atoms. The number of hydrogen-bond acceptors (Lipinski definition) is 8. The third-order valence-corrected chi connectivity index (χ3v) is 6.76. The van der Waals surface area contributed by atoms with E-state index in [1.807, 2.05) is 38.1 Å².